The summed E-state index contributed by atoms with van der Waals surface area (Å²) < 4.78 is 0. The largest absolute Gasteiger partial charge is 0.383 e. The number of nitrogens with zero attached hydrogens (tertiary/aromatic N) is 4. The number of nitriles is 4. The van der Waals surface area contributed by atoms with E-state index in [4.69, 9.17) is 21.0 Å². The smallest absolute Gasteiger partial charge is 0.245 e. The fourth-order valence-electron chi connectivity index (χ4n) is 0.515. The van der Waals surface area contributed by atoms with Gasteiger partial charge in [-0.1, -0.05) is 6.07 Å². The summed E-state index contributed by atoms with van der Waals surface area (Å²) in [7, 11) is 0. The molecule has 0 aromatic carbocycles. The van der Waals surface area contributed by atoms with Crippen molar-refractivity contribution in [3.63, 3.8) is 0 Å². The van der Waals surface area contributed by atoms with Crippen LogP contribution >= 0.6 is 0 Å². The molecule has 1 aromatic heterocycles. The second kappa shape index (κ2) is 6.67. The first-order chi connectivity index (χ1) is 7.24. The molecule has 6 heteroatoms. The van der Waals surface area contributed by atoms with E-state index in [1.54, 1.807) is 0 Å². The molecule has 0 fully saturated rings. The lowest BCUT2D eigenvalue weighted by Gasteiger charge is -1.98. The van der Waals surface area contributed by atoms with Crippen LogP contribution < -0.4 is 4.98 Å². The monoisotopic (exact) mass is 195 g/mol. The molecular weight excluding hydrogens is 189 g/mol. The molecule has 0 saturated heterocycles. The van der Waals surface area contributed by atoms with Crippen LogP contribution in [0.2, 0.25) is 0 Å². The Morgan fingerprint density at radius 1 is 0.733 bits per heavy atom. The third-order valence-corrected chi connectivity index (χ3v) is 1.38. The van der Waals surface area contributed by atoms with Crippen molar-refractivity contribution in [2.75, 3.05) is 0 Å². The van der Waals surface area contributed by atoms with Crippen LogP contribution in [0, 0.1) is 44.9 Å². The third-order valence-electron chi connectivity index (χ3n) is 1.38. The number of aromatic amines is 1. The van der Waals surface area contributed by atoms with Crippen LogP contribution in [-0.2, 0) is 0 Å². The number of hydrogen-bond donors (Lipinski definition) is 0. The van der Waals surface area contributed by atoms with Gasteiger partial charge in [-0.2, -0.15) is 0 Å². The first kappa shape index (κ1) is 12.2. The lowest BCUT2D eigenvalue weighted by Crippen LogP contribution is -2.26. The van der Waals surface area contributed by atoms with Crippen LogP contribution in [-0.4, -0.2) is 6.15 Å². The number of rotatable bonds is 0. The zero-order valence-electron chi connectivity index (χ0n) is 7.75. The Labute approximate surface area is 87.3 Å². The molecule has 0 amide bonds. The molecule has 5 nitrogen and oxygen atoms in total. The van der Waals surface area contributed by atoms with Gasteiger partial charge in [0.2, 0.25) is 0 Å². The highest BCUT2D eigenvalue weighted by atomic mass is 14.6. The van der Waals surface area contributed by atoms with Gasteiger partial charge in [-0.3, -0.25) is 0 Å². The van der Waals surface area contributed by atoms with E-state index in [2.05, 4.69) is 4.98 Å². The van der Waals surface area contributed by atoms with E-state index in [0.717, 1.165) is 0 Å². The van der Waals surface area contributed by atoms with Crippen molar-refractivity contribution >= 4 is 6.15 Å². The van der Waals surface area contributed by atoms with E-state index in [1.807, 2.05) is 30.6 Å². The maximum Gasteiger partial charge on any atom is 0.383 e. The Balaban J connectivity index is 0.000000280. The van der Waals surface area contributed by atoms with Crippen molar-refractivity contribution in [1.82, 2.24) is 0 Å². The van der Waals surface area contributed by atoms with Crippen LogP contribution in [0.5, 0.6) is 0 Å². The maximum atomic E-state index is 8.09. The van der Waals surface area contributed by atoms with Gasteiger partial charge < -0.3 is 0 Å². The maximum absolute atomic E-state index is 8.09. The van der Waals surface area contributed by atoms with E-state index in [0.29, 0.717) is 0 Å². The number of aromatic nitrogens is 1. The number of pyridine rings is 1. The standard InChI is InChI=1S/C5H5N.C4BN4/c1-2-4-6-5-3-1;6-1-5(2-7,3-8)4-9/h1-5H;/q;-1/p+1. The van der Waals surface area contributed by atoms with Gasteiger partial charge >= 0.3 is 6.15 Å². The van der Waals surface area contributed by atoms with Crippen molar-refractivity contribution < 1.29 is 4.98 Å². The Morgan fingerprint density at radius 3 is 1.20 bits per heavy atom. The van der Waals surface area contributed by atoms with E-state index in [1.165, 1.54) is 23.9 Å². The third kappa shape index (κ3) is 4.09. The lowest BCUT2D eigenvalue weighted by atomic mass is 9.30. The minimum absolute atomic E-state index is 1.34. The van der Waals surface area contributed by atoms with Crippen LogP contribution in [0.15, 0.2) is 30.6 Å². The number of hydrogen-bond acceptors (Lipinski definition) is 4. The van der Waals surface area contributed by atoms with Crippen LogP contribution in [0.4, 0.5) is 0 Å². The second-order valence-corrected chi connectivity index (χ2v) is 2.46. The number of nitrogens with one attached hydrogen (secondary N) is 1. The minimum atomic E-state index is -2.72. The quantitative estimate of drug-likeness (QED) is 0.550. The average Bonchev–Trinajstić information content (AvgIpc) is 2.36. The molecule has 0 bridgehead atoms. The van der Waals surface area contributed by atoms with Gasteiger partial charge in [0, 0.05) is 12.1 Å². The van der Waals surface area contributed by atoms with Gasteiger partial charge in [-0.15, -0.1) is 23.9 Å². The van der Waals surface area contributed by atoms with Crippen LogP contribution in [0.25, 0.3) is 0 Å². The molecule has 1 aromatic rings. The predicted molar refractivity (Wildman–Crippen MR) is 51.2 cm³/mol. The topological polar surface area (TPSA) is 109 Å². The summed E-state index contributed by atoms with van der Waals surface area (Å²) in [5, 5.41) is 32.3. The Bertz CT molecular complexity index is 368. The Morgan fingerprint density at radius 2 is 1.13 bits per heavy atom. The molecule has 1 heterocycles. The highest BCUT2D eigenvalue weighted by Gasteiger charge is 2.22. The van der Waals surface area contributed by atoms with Crippen molar-refractivity contribution in [2.24, 2.45) is 0 Å². The molecule has 0 aliphatic carbocycles. The first-order valence-electron chi connectivity index (χ1n) is 3.96. The summed E-state index contributed by atoms with van der Waals surface area (Å²) in [5.74, 6) is 5.38. The summed E-state index contributed by atoms with van der Waals surface area (Å²) in [6, 6.07) is 5.86. The van der Waals surface area contributed by atoms with Crippen molar-refractivity contribution in [1.29, 1.82) is 21.0 Å². The summed E-state index contributed by atoms with van der Waals surface area (Å²) >= 11 is 0. The average molecular weight is 195 g/mol. The summed E-state index contributed by atoms with van der Waals surface area (Å²) in [5.41, 5.74) is 0. The molecule has 0 spiro atoms. The summed E-state index contributed by atoms with van der Waals surface area (Å²) in [4.78, 5) is 2.89. The molecule has 1 rings (SSSR count). The van der Waals surface area contributed by atoms with E-state index < -0.39 is 6.15 Å². The molecule has 0 saturated carbocycles. The van der Waals surface area contributed by atoms with E-state index in [-0.39, 0.29) is 0 Å². The summed E-state index contributed by atoms with van der Waals surface area (Å²) in [6.45, 7) is 0. The zero-order valence-corrected chi connectivity index (χ0v) is 7.75. The molecule has 0 unspecified atom stereocenters. The Hall–Kier alpha value is -2.83. The van der Waals surface area contributed by atoms with Crippen molar-refractivity contribution in [3.05, 3.63) is 30.6 Å². The fourth-order valence-corrected chi connectivity index (χ4v) is 0.515. The van der Waals surface area contributed by atoms with Gasteiger partial charge in [-0.25, -0.2) is 26.0 Å². The molecule has 0 atom stereocenters. The normalized spacial score (nSPS) is 7.73. The van der Waals surface area contributed by atoms with Gasteiger partial charge in [-0.05, 0) is 0 Å². The molecule has 0 radical (unpaired) electrons. The SMILES string of the molecule is N#C[B-](C#N)(C#N)C#N.c1cc[nH+]cc1. The van der Waals surface area contributed by atoms with Crippen LogP contribution in [0.1, 0.15) is 0 Å². The van der Waals surface area contributed by atoms with Crippen molar-refractivity contribution in [2.45, 2.75) is 0 Å². The second-order valence-electron chi connectivity index (χ2n) is 2.46. The van der Waals surface area contributed by atoms with Gasteiger partial charge in [0.15, 0.2) is 12.4 Å². The zero-order chi connectivity index (χ0) is 11.6. The van der Waals surface area contributed by atoms with Gasteiger partial charge in [0.05, 0.1) is 0 Å². The predicted octanol–water partition coefficient (Wildman–Crippen LogP) is 0.187. The highest BCUT2D eigenvalue weighted by molar-refractivity contribution is 7.05. The summed E-state index contributed by atoms with van der Waals surface area (Å²) in [6.07, 6.45) is 1.03. The lowest BCUT2D eigenvalue weighted by molar-refractivity contribution is -0.377. The van der Waals surface area contributed by atoms with Gasteiger partial charge in [0.25, 0.3) is 0 Å². The van der Waals surface area contributed by atoms with Crippen molar-refractivity contribution in [3.8, 4) is 23.9 Å². The van der Waals surface area contributed by atoms with E-state index in [9.17, 15) is 0 Å². The number of H-pyrrole nitrogens is 1. The Kier molecular flexibility index (Phi) is 5.41. The molecule has 15 heavy (non-hydrogen) atoms. The molecule has 0 aliphatic rings. The highest BCUT2D eigenvalue weighted by Crippen LogP contribution is 1.92. The molecular formula is C9H6BN5. The van der Waals surface area contributed by atoms with Crippen LogP contribution in [0.3, 0.4) is 0 Å². The molecule has 70 valence electrons. The molecule has 1 N–H and O–H groups in total. The fraction of sp³-hybridized carbons (Fsp3) is 0. The van der Waals surface area contributed by atoms with E-state index >= 15 is 0 Å². The minimum Gasteiger partial charge on any atom is -0.245 e. The molecule has 0 aliphatic heterocycles. The van der Waals surface area contributed by atoms with Gasteiger partial charge in [0.1, 0.15) is 0 Å². The first-order valence-corrected chi connectivity index (χ1v) is 3.96.